The Morgan fingerprint density at radius 3 is 2.38 bits per heavy atom. The highest BCUT2D eigenvalue weighted by Crippen LogP contribution is 2.24. The lowest BCUT2D eigenvalue weighted by Gasteiger charge is -2.19. The Balaban J connectivity index is 3.11. The van der Waals surface area contributed by atoms with E-state index in [9.17, 15) is 13.2 Å². The molecule has 0 aliphatic carbocycles. The molecule has 3 N–H and O–H groups in total. The summed E-state index contributed by atoms with van der Waals surface area (Å²) >= 11 is 0. The molecule has 0 bridgehead atoms. The van der Waals surface area contributed by atoms with Crippen LogP contribution < -0.4 is 10.0 Å². The fourth-order valence-corrected chi connectivity index (χ4v) is 2.64. The molecule has 0 aliphatic heterocycles. The predicted octanol–water partition coefficient (Wildman–Crippen LogP) is 2.14. The molecule has 118 valence electrons. The lowest BCUT2D eigenvalue weighted by molar-refractivity contribution is 0.0696. The van der Waals surface area contributed by atoms with Crippen LogP contribution in [0.2, 0.25) is 0 Å². The molecule has 0 aliphatic rings. The molecule has 6 nitrogen and oxygen atoms in total. The van der Waals surface area contributed by atoms with Crippen LogP contribution in [0.15, 0.2) is 23.1 Å². The monoisotopic (exact) mass is 314 g/mol. The van der Waals surface area contributed by atoms with Gasteiger partial charge in [0, 0.05) is 6.54 Å². The van der Waals surface area contributed by atoms with Gasteiger partial charge in [-0.1, -0.05) is 20.8 Å². The number of aromatic carboxylic acids is 1. The summed E-state index contributed by atoms with van der Waals surface area (Å²) in [6.45, 7) is 6.87. The molecule has 7 heteroatoms. The lowest BCUT2D eigenvalue weighted by atomic mass is 9.92. The number of nitrogens with one attached hydrogen (secondary N) is 2. The van der Waals surface area contributed by atoms with Crippen LogP contribution >= 0.6 is 0 Å². The van der Waals surface area contributed by atoms with Crippen LogP contribution in [0.5, 0.6) is 0 Å². The van der Waals surface area contributed by atoms with E-state index >= 15 is 0 Å². The maximum absolute atomic E-state index is 12.0. The third-order valence-electron chi connectivity index (χ3n) is 2.98. The molecule has 21 heavy (non-hydrogen) atoms. The molecular formula is C14H22N2O4S. The molecule has 0 aromatic heterocycles. The number of rotatable bonds is 6. The van der Waals surface area contributed by atoms with Gasteiger partial charge in [-0.25, -0.2) is 17.9 Å². The van der Waals surface area contributed by atoms with Gasteiger partial charge in [0.15, 0.2) is 0 Å². The maximum Gasteiger partial charge on any atom is 0.335 e. The molecule has 0 saturated heterocycles. The van der Waals surface area contributed by atoms with Crippen molar-refractivity contribution in [3.63, 3.8) is 0 Å². The second kappa shape index (κ2) is 6.44. The normalized spacial score (nSPS) is 12.2. The zero-order chi connectivity index (χ0) is 16.3. The summed E-state index contributed by atoms with van der Waals surface area (Å²) in [4.78, 5) is 10.9. The predicted molar refractivity (Wildman–Crippen MR) is 82.2 cm³/mol. The summed E-state index contributed by atoms with van der Waals surface area (Å²) in [5, 5.41) is 12.0. The van der Waals surface area contributed by atoms with E-state index in [1.807, 2.05) is 0 Å². The standard InChI is InChI=1S/C14H22N2O4S/c1-14(2,3)7-8-16-11-6-5-10(13(17)18)9-12(11)21(19,20)15-4/h5-6,9,15-16H,7-8H2,1-4H3,(H,17,18). The SMILES string of the molecule is CNS(=O)(=O)c1cc(C(=O)O)ccc1NCCC(C)(C)C. The molecule has 0 unspecified atom stereocenters. The lowest BCUT2D eigenvalue weighted by Crippen LogP contribution is -2.21. The molecule has 0 heterocycles. The molecule has 0 saturated carbocycles. The third kappa shape index (κ3) is 5.02. The van der Waals surface area contributed by atoms with Crippen molar-refractivity contribution in [1.29, 1.82) is 0 Å². The largest absolute Gasteiger partial charge is 0.478 e. The van der Waals surface area contributed by atoms with Gasteiger partial charge in [-0.15, -0.1) is 0 Å². The van der Waals surface area contributed by atoms with Gasteiger partial charge in [-0.3, -0.25) is 0 Å². The van der Waals surface area contributed by atoms with Crippen molar-refractivity contribution in [3.05, 3.63) is 23.8 Å². The van der Waals surface area contributed by atoms with Crippen LogP contribution in [0, 0.1) is 5.41 Å². The number of carbonyl (C=O) groups is 1. The first-order chi connectivity index (χ1) is 9.57. The second-order valence-corrected chi connectivity index (χ2v) is 7.82. The Morgan fingerprint density at radius 1 is 1.29 bits per heavy atom. The molecule has 1 aromatic carbocycles. The molecule has 1 aromatic rings. The Bertz CT molecular complexity index is 618. The second-order valence-electron chi connectivity index (χ2n) is 5.96. The van der Waals surface area contributed by atoms with Gasteiger partial charge < -0.3 is 10.4 Å². The highest BCUT2D eigenvalue weighted by Gasteiger charge is 2.19. The van der Waals surface area contributed by atoms with Gasteiger partial charge in [0.05, 0.1) is 11.3 Å². The number of carboxylic acids is 1. The summed E-state index contributed by atoms with van der Waals surface area (Å²) in [6.07, 6.45) is 0.854. The Morgan fingerprint density at radius 2 is 1.90 bits per heavy atom. The van der Waals surface area contributed by atoms with Crippen LogP contribution in [0.3, 0.4) is 0 Å². The van der Waals surface area contributed by atoms with Crippen molar-refractivity contribution in [2.24, 2.45) is 5.41 Å². The first-order valence-corrected chi connectivity index (χ1v) is 8.10. The van der Waals surface area contributed by atoms with Crippen molar-refractivity contribution in [1.82, 2.24) is 4.72 Å². The average Bonchev–Trinajstić information content (AvgIpc) is 2.37. The quantitative estimate of drug-likeness (QED) is 0.747. The van der Waals surface area contributed by atoms with E-state index < -0.39 is 16.0 Å². The van der Waals surface area contributed by atoms with E-state index in [-0.39, 0.29) is 15.9 Å². The van der Waals surface area contributed by atoms with Crippen LogP contribution in [0.25, 0.3) is 0 Å². The molecule has 1 rings (SSSR count). The molecule has 0 atom stereocenters. The van der Waals surface area contributed by atoms with Crippen molar-refractivity contribution >= 4 is 21.7 Å². The Labute approximate surface area is 125 Å². The number of anilines is 1. The molecule has 0 spiro atoms. The van der Waals surface area contributed by atoms with Crippen LogP contribution in [0.1, 0.15) is 37.6 Å². The van der Waals surface area contributed by atoms with Crippen LogP contribution in [-0.4, -0.2) is 33.1 Å². The van der Waals surface area contributed by atoms with E-state index in [1.54, 1.807) is 0 Å². The highest BCUT2D eigenvalue weighted by atomic mass is 32.2. The van der Waals surface area contributed by atoms with Gasteiger partial charge in [0.1, 0.15) is 4.90 Å². The zero-order valence-electron chi connectivity index (χ0n) is 12.7. The van der Waals surface area contributed by atoms with Gasteiger partial charge in [-0.05, 0) is 37.1 Å². The van der Waals surface area contributed by atoms with Crippen LogP contribution in [0.4, 0.5) is 5.69 Å². The van der Waals surface area contributed by atoms with Gasteiger partial charge in [0.2, 0.25) is 10.0 Å². The minimum atomic E-state index is -3.73. The zero-order valence-corrected chi connectivity index (χ0v) is 13.5. The fourth-order valence-electron chi connectivity index (χ4n) is 1.71. The van der Waals surface area contributed by atoms with Gasteiger partial charge >= 0.3 is 5.97 Å². The van der Waals surface area contributed by atoms with Crippen molar-refractivity contribution in [2.75, 3.05) is 18.9 Å². The van der Waals surface area contributed by atoms with E-state index in [2.05, 4.69) is 30.8 Å². The number of carboxylic acid groups (broad SMARTS) is 1. The smallest absolute Gasteiger partial charge is 0.335 e. The summed E-state index contributed by atoms with van der Waals surface area (Å²) in [6, 6.07) is 4.03. The number of hydrogen-bond acceptors (Lipinski definition) is 4. The topological polar surface area (TPSA) is 95.5 Å². The van der Waals surface area contributed by atoms with Crippen molar-refractivity contribution in [3.8, 4) is 0 Å². The number of benzene rings is 1. The average molecular weight is 314 g/mol. The third-order valence-corrected chi connectivity index (χ3v) is 4.43. The van der Waals surface area contributed by atoms with E-state index in [4.69, 9.17) is 5.11 Å². The van der Waals surface area contributed by atoms with Gasteiger partial charge in [0.25, 0.3) is 0 Å². The van der Waals surface area contributed by atoms with Crippen molar-refractivity contribution in [2.45, 2.75) is 32.1 Å². The van der Waals surface area contributed by atoms with Gasteiger partial charge in [-0.2, -0.15) is 0 Å². The van der Waals surface area contributed by atoms with Crippen LogP contribution in [-0.2, 0) is 10.0 Å². The molecule has 0 fully saturated rings. The molecule has 0 amide bonds. The van der Waals surface area contributed by atoms with E-state index in [0.29, 0.717) is 12.2 Å². The Hall–Kier alpha value is -1.60. The number of hydrogen-bond donors (Lipinski definition) is 3. The Kier molecular flexibility index (Phi) is 5.36. The van der Waals surface area contributed by atoms with E-state index in [1.165, 1.54) is 19.2 Å². The summed E-state index contributed by atoms with van der Waals surface area (Å²) in [5.74, 6) is -1.16. The van der Waals surface area contributed by atoms with Crippen molar-refractivity contribution < 1.29 is 18.3 Å². The highest BCUT2D eigenvalue weighted by molar-refractivity contribution is 7.89. The summed E-state index contributed by atoms with van der Waals surface area (Å²) in [5.41, 5.74) is 0.458. The first-order valence-electron chi connectivity index (χ1n) is 6.61. The minimum absolute atomic E-state index is 0.0567. The summed E-state index contributed by atoms with van der Waals surface area (Å²) < 4.78 is 26.2. The minimum Gasteiger partial charge on any atom is -0.478 e. The maximum atomic E-state index is 12.0. The fraction of sp³-hybridized carbons (Fsp3) is 0.500. The number of sulfonamides is 1. The first kappa shape index (κ1) is 17.5. The summed E-state index contributed by atoms with van der Waals surface area (Å²) in [7, 11) is -2.43. The molecule has 0 radical (unpaired) electrons. The van der Waals surface area contributed by atoms with E-state index in [0.717, 1.165) is 12.5 Å². The molecular weight excluding hydrogens is 292 g/mol.